The van der Waals surface area contributed by atoms with Crippen molar-refractivity contribution in [3.63, 3.8) is 0 Å². The van der Waals surface area contributed by atoms with E-state index in [1.54, 1.807) is 18.0 Å². The quantitative estimate of drug-likeness (QED) is 0.877. The summed E-state index contributed by atoms with van der Waals surface area (Å²) in [6.45, 7) is 0. The fourth-order valence-electron chi connectivity index (χ4n) is 1.42. The van der Waals surface area contributed by atoms with E-state index in [1.807, 2.05) is 30.3 Å². The van der Waals surface area contributed by atoms with Crippen LogP contribution in [0.2, 0.25) is 0 Å². The third-order valence-electron chi connectivity index (χ3n) is 2.34. The van der Waals surface area contributed by atoms with E-state index in [1.165, 1.54) is 0 Å². The van der Waals surface area contributed by atoms with Crippen molar-refractivity contribution in [2.45, 2.75) is 11.1 Å². The summed E-state index contributed by atoms with van der Waals surface area (Å²) in [6.07, 6.45) is 1.80. The van der Waals surface area contributed by atoms with Crippen LogP contribution in [-0.2, 0) is 0 Å². The highest BCUT2D eigenvalue weighted by Gasteiger charge is 2.06. The van der Waals surface area contributed by atoms with Crippen molar-refractivity contribution in [3.8, 4) is 0 Å². The van der Waals surface area contributed by atoms with Gasteiger partial charge in [0.2, 0.25) is 0 Å². The van der Waals surface area contributed by atoms with Crippen molar-refractivity contribution in [1.82, 2.24) is 4.98 Å². The van der Waals surface area contributed by atoms with Crippen LogP contribution in [0, 0.1) is 0 Å². The Kier molecular flexibility index (Phi) is 4.59. The van der Waals surface area contributed by atoms with Gasteiger partial charge in [0.25, 0.3) is 0 Å². The molecule has 0 saturated heterocycles. The minimum atomic E-state index is 0.0478. The summed E-state index contributed by atoms with van der Waals surface area (Å²) in [5, 5.41) is 1.000. The van der Waals surface area contributed by atoms with Crippen molar-refractivity contribution < 1.29 is 0 Å². The highest BCUT2D eigenvalue weighted by molar-refractivity contribution is 9.10. The molecule has 4 heteroatoms. The van der Waals surface area contributed by atoms with Crippen LogP contribution in [0.5, 0.6) is 0 Å². The van der Waals surface area contributed by atoms with Gasteiger partial charge in [0, 0.05) is 22.5 Å². The zero-order valence-electron chi connectivity index (χ0n) is 9.21. The zero-order chi connectivity index (χ0) is 12.1. The Morgan fingerprint density at radius 3 is 2.59 bits per heavy atom. The van der Waals surface area contributed by atoms with E-state index in [0.717, 1.165) is 20.8 Å². The van der Waals surface area contributed by atoms with Crippen LogP contribution in [0.4, 0.5) is 0 Å². The van der Waals surface area contributed by atoms with Gasteiger partial charge >= 0.3 is 0 Å². The van der Waals surface area contributed by atoms with E-state index in [9.17, 15) is 0 Å². The Bertz CT molecular complexity index is 459. The largest absolute Gasteiger partial charge is 0.323 e. The van der Waals surface area contributed by atoms with Gasteiger partial charge in [0.15, 0.2) is 0 Å². The molecule has 0 amide bonds. The first kappa shape index (κ1) is 12.6. The van der Waals surface area contributed by atoms with Crippen LogP contribution in [0.3, 0.4) is 0 Å². The molecule has 0 radical (unpaired) electrons. The smallest absolute Gasteiger partial charge is 0.0961 e. The maximum Gasteiger partial charge on any atom is 0.0961 e. The summed E-state index contributed by atoms with van der Waals surface area (Å²) in [5.41, 5.74) is 7.28. The number of thioether (sulfide) groups is 1. The zero-order valence-corrected chi connectivity index (χ0v) is 11.6. The molecule has 0 saturated carbocycles. The maximum atomic E-state index is 6.11. The number of pyridine rings is 1. The summed E-state index contributed by atoms with van der Waals surface area (Å²) in [5.74, 6) is 0.832. The van der Waals surface area contributed by atoms with E-state index >= 15 is 0 Å². The predicted octanol–water partition coefficient (Wildman–Crippen LogP) is 3.64. The molecule has 2 N–H and O–H groups in total. The van der Waals surface area contributed by atoms with Crippen molar-refractivity contribution >= 4 is 27.7 Å². The summed E-state index contributed by atoms with van der Waals surface area (Å²) in [7, 11) is 0. The molecule has 0 aliphatic heterocycles. The van der Waals surface area contributed by atoms with Crippen LogP contribution in [0.1, 0.15) is 11.6 Å². The minimum Gasteiger partial charge on any atom is -0.323 e. The van der Waals surface area contributed by atoms with Crippen LogP contribution in [0.15, 0.2) is 58.2 Å². The number of hydrogen-bond donors (Lipinski definition) is 1. The molecule has 1 aromatic carbocycles. The summed E-state index contributed by atoms with van der Waals surface area (Å²) in [4.78, 5) is 4.30. The molecule has 0 fully saturated rings. The van der Waals surface area contributed by atoms with E-state index < -0.39 is 0 Å². The lowest BCUT2D eigenvalue weighted by Gasteiger charge is -2.10. The topological polar surface area (TPSA) is 38.9 Å². The number of rotatable bonds is 4. The van der Waals surface area contributed by atoms with Crippen molar-refractivity contribution in [2.75, 3.05) is 5.75 Å². The first-order valence-electron chi connectivity index (χ1n) is 5.30. The van der Waals surface area contributed by atoms with Gasteiger partial charge in [0.05, 0.1) is 5.03 Å². The second-order valence-corrected chi connectivity index (χ2v) is 5.60. The summed E-state index contributed by atoms with van der Waals surface area (Å²) < 4.78 is 0.995. The van der Waals surface area contributed by atoms with Gasteiger partial charge in [-0.15, -0.1) is 11.8 Å². The fourth-order valence-corrected chi connectivity index (χ4v) is 2.49. The molecule has 0 aliphatic carbocycles. The first-order valence-corrected chi connectivity index (χ1v) is 7.08. The highest BCUT2D eigenvalue weighted by atomic mass is 79.9. The summed E-state index contributed by atoms with van der Waals surface area (Å²) in [6, 6.07) is 14.2. The van der Waals surface area contributed by atoms with Gasteiger partial charge in [-0.3, -0.25) is 0 Å². The number of benzene rings is 1. The molecule has 17 heavy (non-hydrogen) atoms. The van der Waals surface area contributed by atoms with Gasteiger partial charge < -0.3 is 5.73 Å². The monoisotopic (exact) mass is 308 g/mol. The van der Waals surface area contributed by atoms with Crippen molar-refractivity contribution in [3.05, 3.63) is 58.7 Å². The van der Waals surface area contributed by atoms with E-state index in [2.05, 4.69) is 33.0 Å². The molecule has 0 spiro atoms. The van der Waals surface area contributed by atoms with Crippen LogP contribution >= 0.6 is 27.7 Å². The Labute approximate surface area is 114 Å². The maximum absolute atomic E-state index is 6.11. The predicted molar refractivity (Wildman–Crippen MR) is 76.0 cm³/mol. The number of nitrogens with two attached hydrogens (primary N) is 1. The van der Waals surface area contributed by atoms with E-state index in [0.29, 0.717) is 0 Å². The van der Waals surface area contributed by atoms with E-state index in [4.69, 9.17) is 5.73 Å². The molecule has 2 nitrogen and oxygen atoms in total. The fraction of sp³-hybridized carbons (Fsp3) is 0.154. The van der Waals surface area contributed by atoms with Crippen molar-refractivity contribution in [1.29, 1.82) is 0 Å². The minimum absolute atomic E-state index is 0.0478. The molecule has 0 aliphatic rings. The van der Waals surface area contributed by atoms with Gasteiger partial charge in [0.1, 0.15) is 0 Å². The van der Waals surface area contributed by atoms with Crippen LogP contribution in [0.25, 0.3) is 0 Å². The molecular formula is C13H13BrN2S. The molecule has 0 bridgehead atoms. The molecule has 1 atom stereocenters. The Morgan fingerprint density at radius 1 is 1.18 bits per heavy atom. The number of aromatic nitrogens is 1. The Hall–Kier alpha value is -0.840. The lowest BCUT2D eigenvalue weighted by atomic mass is 10.1. The Balaban J connectivity index is 1.92. The first-order chi connectivity index (χ1) is 8.25. The molecule has 88 valence electrons. The molecule has 2 aromatic rings. The highest BCUT2D eigenvalue weighted by Crippen LogP contribution is 2.22. The van der Waals surface area contributed by atoms with Crippen LogP contribution < -0.4 is 5.73 Å². The average molecular weight is 309 g/mol. The number of halogens is 1. The lowest BCUT2D eigenvalue weighted by Crippen LogP contribution is -2.12. The standard InChI is InChI=1S/C13H13BrN2S/c14-11-6-7-13(16-8-11)17-9-12(15)10-4-2-1-3-5-10/h1-8,12H,9,15H2. The third kappa shape index (κ3) is 3.84. The molecule has 2 rings (SSSR count). The third-order valence-corrected chi connectivity index (χ3v) is 3.87. The van der Waals surface area contributed by atoms with Crippen LogP contribution in [-0.4, -0.2) is 10.7 Å². The molecule has 1 aromatic heterocycles. The van der Waals surface area contributed by atoms with Crippen molar-refractivity contribution in [2.24, 2.45) is 5.73 Å². The molecular weight excluding hydrogens is 296 g/mol. The van der Waals surface area contributed by atoms with Gasteiger partial charge in [-0.05, 0) is 33.6 Å². The van der Waals surface area contributed by atoms with Gasteiger partial charge in [-0.2, -0.15) is 0 Å². The second-order valence-electron chi connectivity index (χ2n) is 3.64. The summed E-state index contributed by atoms with van der Waals surface area (Å²) >= 11 is 5.04. The normalized spacial score (nSPS) is 12.4. The van der Waals surface area contributed by atoms with Gasteiger partial charge in [-0.25, -0.2) is 4.98 Å². The molecule has 1 unspecified atom stereocenters. The molecule has 1 heterocycles. The number of nitrogens with zero attached hydrogens (tertiary/aromatic N) is 1. The van der Waals surface area contributed by atoms with Gasteiger partial charge in [-0.1, -0.05) is 30.3 Å². The SMILES string of the molecule is NC(CSc1ccc(Br)cn1)c1ccccc1. The number of hydrogen-bond acceptors (Lipinski definition) is 3. The second kappa shape index (κ2) is 6.19. The lowest BCUT2D eigenvalue weighted by molar-refractivity contribution is 0.830. The average Bonchev–Trinajstić information content (AvgIpc) is 2.39. The van der Waals surface area contributed by atoms with E-state index in [-0.39, 0.29) is 6.04 Å². The Morgan fingerprint density at radius 2 is 1.94 bits per heavy atom.